The van der Waals surface area contributed by atoms with Gasteiger partial charge in [-0.25, -0.2) is 4.99 Å². The van der Waals surface area contributed by atoms with E-state index in [1.54, 1.807) is 6.92 Å². The molecule has 0 saturated carbocycles. The minimum atomic E-state index is -1.08. The van der Waals surface area contributed by atoms with Crippen molar-refractivity contribution in [3.05, 3.63) is 46.9 Å². The van der Waals surface area contributed by atoms with E-state index >= 15 is 0 Å². The molecule has 1 aliphatic rings. The Balaban J connectivity index is 0.00000320. The second-order valence-corrected chi connectivity index (χ2v) is 7.48. The lowest BCUT2D eigenvalue weighted by atomic mass is 9.96. The van der Waals surface area contributed by atoms with Crippen LogP contribution in [0.3, 0.4) is 0 Å². The maximum atomic E-state index is 10.9. The molecule has 1 unspecified atom stereocenters. The Morgan fingerprint density at radius 1 is 1.13 bits per heavy atom. The summed E-state index contributed by atoms with van der Waals surface area (Å²) < 4.78 is 17.0. The SMILES string of the molecule is CCNC(=NCc1ccc2c(c1)OCCCO2)NCC(C)(O)c1cc(C)oc1C.I. The van der Waals surface area contributed by atoms with Gasteiger partial charge in [0.2, 0.25) is 0 Å². The number of guanidine groups is 1. The van der Waals surface area contributed by atoms with E-state index in [2.05, 4.69) is 15.6 Å². The molecule has 30 heavy (non-hydrogen) atoms. The monoisotopic (exact) mass is 529 g/mol. The predicted octanol–water partition coefficient (Wildman–Crippen LogP) is 3.64. The number of fused-ring (bicyclic) bond motifs is 1. The van der Waals surface area contributed by atoms with Crippen molar-refractivity contribution in [1.29, 1.82) is 0 Å². The van der Waals surface area contributed by atoms with Crippen molar-refractivity contribution in [1.82, 2.24) is 10.6 Å². The Morgan fingerprint density at radius 3 is 2.53 bits per heavy atom. The van der Waals surface area contributed by atoms with Crippen LogP contribution in [0.4, 0.5) is 0 Å². The summed E-state index contributed by atoms with van der Waals surface area (Å²) >= 11 is 0. The van der Waals surface area contributed by atoms with Gasteiger partial charge in [0, 0.05) is 18.5 Å². The number of nitrogens with one attached hydrogen (secondary N) is 2. The highest BCUT2D eigenvalue weighted by atomic mass is 127. The van der Waals surface area contributed by atoms with E-state index in [-0.39, 0.29) is 24.0 Å². The van der Waals surface area contributed by atoms with Crippen molar-refractivity contribution in [2.24, 2.45) is 4.99 Å². The molecule has 3 N–H and O–H groups in total. The molecule has 0 amide bonds. The van der Waals surface area contributed by atoms with Crippen molar-refractivity contribution in [3.8, 4) is 11.5 Å². The van der Waals surface area contributed by atoms with Crippen LogP contribution in [-0.2, 0) is 12.1 Å². The maximum absolute atomic E-state index is 10.9. The molecule has 0 bridgehead atoms. The first-order chi connectivity index (χ1) is 13.9. The van der Waals surface area contributed by atoms with Crippen molar-refractivity contribution in [2.45, 2.75) is 46.3 Å². The molecule has 0 saturated heterocycles. The number of aryl methyl sites for hydroxylation is 2. The summed E-state index contributed by atoms with van der Waals surface area (Å²) in [6.07, 6.45) is 0.881. The highest BCUT2D eigenvalue weighted by molar-refractivity contribution is 14.0. The number of aliphatic hydroxyl groups is 1. The van der Waals surface area contributed by atoms with Gasteiger partial charge >= 0.3 is 0 Å². The van der Waals surface area contributed by atoms with E-state index < -0.39 is 5.60 Å². The lowest BCUT2D eigenvalue weighted by molar-refractivity contribution is 0.0601. The van der Waals surface area contributed by atoms with Gasteiger partial charge in [-0.05, 0) is 51.5 Å². The first-order valence-electron chi connectivity index (χ1n) is 10.1. The molecule has 0 aliphatic carbocycles. The molecule has 1 atom stereocenters. The fraction of sp³-hybridized carbons (Fsp3) is 0.500. The van der Waals surface area contributed by atoms with Crippen LogP contribution in [0.15, 0.2) is 33.7 Å². The first kappa shape index (κ1) is 24.3. The number of furan rings is 1. The zero-order valence-corrected chi connectivity index (χ0v) is 20.4. The van der Waals surface area contributed by atoms with Gasteiger partial charge in [-0.2, -0.15) is 0 Å². The Hall–Kier alpha value is -1.94. The Bertz CT molecular complexity index is 864. The number of ether oxygens (including phenoxy) is 2. The topological polar surface area (TPSA) is 88.3 Å². The molecule has 0 spiro atoms. The summed E-state index contributed by atoms with van der Waals surface area (Å²) in [6, 6.07) is 7.77. The van der Waals surface area contributed by atoms with Gasteiger partial charge in [0.1, 0.15) is 17.1 Å². The van der Waals surface area contributed by atoms with Crippen molar-refractivity contribution in [3.63, 3.8) is 0 Å². The number of benzene rings is 1. The lowest BCUT2D eigenvalue weighted by Crippen LogP contribution is -2.44. The number of hydrogen-bond donors (Lipinski definition) is 3. The van der Waals surface area contributed by atoms with Crippen molar-refractivity contribution in [2.75, 3.05) is 26.3 Å². The predicted molar refractivity (Wildman–Crippen MR) is 128 cm³/mol. The molecular weight excluding hydrogens is 497 g/mol. The van der Waals surface area contributed by atoms with Gasteiger partial charge in [-0.3, -0.25) is 0 Å². The van der Waals surface area contributed by atoms with Crippen LogP contribution in [-0.4, -0.2) is 37.4 Å². The van der Waals surface area contributed by atoms with Gasteiger partial charge in [-0.1, -0.05) is 6.07 Å². The van der Waals surface area contributed by atoms with E-state index in [4.69, 9.17) is 13.9 Å². The molecule has 0 radical (unpaired) electrons. The molecule has 3 rings (SSSR count). The third-order valence-electron chi connectivity index (χ3n) is 4.80. The standard InChI is InChI=1S/C22H31N3O4.HI/c1-5-23-21(25-14-22(4,26)18-11-15(2)29-16(18)3)24-13-17-7-8-19-20(12-17)28-10-6-9-27-19;/h7-8,11-12,26H,5-6,9-10,13-14H2,1-4H3,(H2,23,24,25);1H. The summed E-state index contributed by atoms with van der Waals surface area (Å²) in [6.45, 7) is 10.4. The minimum absolute atomic E-state index is 0. The third kappa shape index (κ3) is 6.28. The van der Waals surface area contributed by atoms with E-state index in [9.17, 15) is 5.11 Å². The normalized spacial score (nSPS) is 15.6. The molecule has 0 fully saturated rings. The van der Waals surface area contributed by atoms with Crippen molar-refractivity contribution >= 4 is 29.9 Å². The van der Waals surface area contributed by atoms with Crippen LogP contribution in [0.1, 0.15) is 42.9 Å². The van der Waals surface area contributed by atoms with Crippen LogP contribution in [0.25, 0.3) is 0 Å². The average molecular weight is 529 g/mol. The fourth-order valence-corrected chi connectivity index (χ4v) is 3.33. The molecule has 166 valence electrons. The van der Waals surface area contributed by atoms with Crippen LogP contribution in [0.5, 0.6) is 11.5 Å². The third-order valence-corrected chi connectivity index (χ3v) is 4.80. The Kier molecular flexibility index (Phi) is 8.84. The summed E-state index contributed by atoms with van der Waals surface area (Å²) in [5.74, 6) is 3.69. The van der Waals surface area contributed by atoms with E-state index in [0.29, 0.717) is 32.3 Å². The van der Waals surface area contributed by atoms with Gasteiger partial charge < -0.3 is 29.6 Å². The average Bonchev–Trinajstić information content (AvgIpc) is 2.89. The number of nitrogens with zero attached hydrogens (tertiary/aromatic N) is 1. The zero-order valence-electron chi connectivity index (χ0n) is 18.1. The second kappa shape index (κ2) is 10.9. The maximum Gasteiger partial charge on any atom is 0.191 e. The summed E-state index contributed by atoms with van der Waals surface area (Å²) in [5, 5.41) is 17.4. The summed E-state index contributed by atoms with van der Waals surface area (Å²) in [4.78, 5) is 4.64. The molecular formula is C22H32IN3O4. The molecule has 1 aliphatic heterocycles. The molecule has 1 aromatic heterocycles. The van der Waals surface area contributed by atoms with Gasteiger partial charge in [0.05, 0.1) is 26.3 Å². The highest BCUT2D eigenvalue weighted by Gasteiger charge is 2.27. The summed E-state index contributed by atoms with van der Waals surface area (Å²) in [5.41, 5.74) is 0.730. The summed E-state index contributed by atoms with van der Waals surface area (Å²) in [7, 11) is 0. The number of aliphatic imine (C=N–C) groups is 1. The van der Waals surface area contributed by atoms with Gasteiger partial charge in [0.25, 0.3) is 0 Å². The number of halogens is 1. The minimum Gasteiger partial charge on any atom is -0.490 e. The van der Waals surface area contributed by atoms with Crippen molar-refractivity contribution < 1.29 is 19.0 Å². The smallest absolute Gasteiger partial charge is 0.191 e. The largest absolute Gasteiger partial charge is 0.490 e. The van der Waals surface area contributed by atoms with Crippen LogP contribution in [0, 0.1) is 13.8 Å². The number of hydrogen-bond acceptors (Lipinski definition) is 5. The first-order valence-corrected chi connectivity index (χ1v) is 10.1. The Morgan fingerprint density at radius 2 is 1.87 bits per heavy atom. The van der Waals surface area contributed by atoms with E-state index in [1.165, 1.54) is 0 Å². The van der Waals surface area contributed by atoms with Gasteiger partial charge in [0.15, 0.2) is 17.5 Å². The fourth-order valence-electron chi connectivity index (χ4n) is 3.33. The Labute approximate surface area is 195 Å². The molecule has 2 heterocycles. The highest BCUT2D eigenvalue weighted by Crippen LogP contribution is 2.30. The van der Waals surface area contributed by atoms with Crippen LogP contribution in [0.2, 0.25) is 0 Å². The van der Waals surface area contributed by atoms with E-state index in [0.717, 1.165) is 47.1 Å². The van der Waals surface area contributed by atoms with Crippen LogP contribution >= 0.6 is 24.0 Å². The quantitative estimate of drug-likeness (QED) is 0.301. The lowest BCUT2D eigenvalue weighted by Gasteiger charge is -2.24. The molecule has 2 aromatic rings. The van der Waals surface area contributed by atoms with Crippen LogP contribution < -0.4 is 20.1 Å². The van der Waals surface area contributed by atoms with Gasteiger partial charge in [-0.15, -0.1) is 24.0 Å². The molecule has 8 heteroatoms. The molecule has 1 aromatic carbocycles. The second-order valence-electron chi connectivity index (χ2n) is 7.48. The van der Waals surface area contributed by atoms with E-state index in [1.807, 2.05) is 45.0 Å². The zero-order chi connectivity index (χ0) is 20.9. The number of rotatable bonds is 6. The molecule has 7 nitrogen and oxygen atoms in total.